The number of carbonyl (C=O) groups excluding carboxylic acids is 1. The topological polar surface area (TPSA) is 60.3 Å². The van der Waals surface area contributed by atoms with Gasteiger partial charge in [-0.05, 0) is 36.1 Å². The summed E-state index contributed by atoms with van der Waals surface area (Å²) in [6.07, 6.45) is 0.862. The number of aromatic nitrogens is 1. The summed E-state index contributed by atoms with van der Waals surface area (Å²) in [5, 5.41) is 2.88. The molecule has 0 radical (unpaired) electrons. The van der Waals surface area contributed by atoms with Gasteiger partial charge in [-0.1, -0.05) is 32.0 Å². The van der Waals surface area contributed by atoms with E-state index in [0.717, 1.165) is 23.4 Å². The van der Waals surface area contributed by atoms with Crippen LogP contribution in [0.5, 0.6) is 5.75 Å². The molecule has 1 aromatic heterocycles. The predicted molar refractivity (Wildman–Crippen MR) is 97.2 cm³/mol. The minimum absolute atomic E-state index is 0.184. The molecule has 132 valence electrons. The maximum Gasteiger partial charge on any atom is 0.263 e. The Bertz CT molecular complexity index is 839. The first-order chi connectivity index (χ1) is 12.0. The van der Waals surface area contributed by atoms with Crippen LogP contribution in [0.15, 0.2) is 41.2 Å². The normalized spacial score (nSPS) is 16.2. The summed E-state index contributed by atoms with van der Waals surface area (Å²) < 4.78 is 7.30. The molecule has 1 amide bonds. The summed E-state index contributed by atoms with van der Waals surface area (Å²) in [5.74, 6) is 1.03. The van der Waals surface area contributed by atoms with Crippen molar-refractivity contribution < 1.29 is 9.53 Å². The van der Waals surface area contributed by atoms with Gasteiger partial charge in [0.2, 0.25) is 0 Å². The molecule has 1 aromatic carbocycles. The van der Waals surface area contributed by atoms with Gasteiger partial charge in [-0.15, -0.1) is 0 Å². The van der Waals surface area contributed by atoms with Gasteiger partial charge in [-0.3, -0.25) is 9.59 Å². The number of nitrogens with zero attached hydrogens (tertiary/aromatic N) is 1. The summed E-state index contributed by atoms with van der Waals surface area (Å²) in [7, 11) is 1.71. The quantitative estimate of drug-likeness (QED) is 0.930. The zero-order valence-electron chi connectivity index (χ0n) is 14.9. The van der Waals surface area contributed by atoms with Crippen LogP contribution >= 0.6 is 0 Å². The third-order valence-electron chi connectivity index (χ3n) is 4.69. The summed E-state index contributed by atoms with van der Waals surface area (Å²) in [6, 6.07) is 11.4. The first-order valence-corrected chi connectivity index (χ1v) is 8.66. The van der Waals surface area contributed by atoms with Crippen molar-refractivity contribution in [3.8, 4) is 5.75 Å². The van der Waals surface area contributed by atoms with E-state index in [1.54, 1.807) is 17.7 Å². The van der Waals surface area contributed by atoms with Gasteiger partial charge in [0.05, 0.1) is 6.61 Å². The molecule has 5 heteroatoms. The minimum atomic E-state index is -0.324. The van der Waals surface area contributed by atoms with Gasteiger partial charge < -0.3 is 14.6 Å². The van der Waals surface area contributed by atoms with E-state index in [4.69, 9.17) is 4.74 Å². The lowest BCUT2D eigenvalue weighted by molar-refractivity contribution is 0.0937. The highest BCUT2D eigenvalue weighted by atomic mass is 16.5. The summed E-state index contributed by atoms with van der Waals surface area (Å²) in [5.41, 5.74) is 2.00. The smallest absolute Gasteiger partial charge is 0.263 e. The summed E-state index contributed by atoms with van der Waals surface area (Å²) in [4.78, 5) is 24.8. The minimum Gasteiger partial charge on any atom is -0.493 e. The Kier molecular flexibility index (Phi) is 4.93. The zero-order valence-corrected chi connectivity index (χ0v) is 14.9. The Hall–Kier alpha value is -2.56. The summed E-state index contributed by atoms with van der Waals surface area (Å²) >= 11 is 0. The molecule has 0 saturated carbocycles. The van der Waals surface area contributed by atoms with Crippen molar-refractivity contribution in [2.75, 3.05) is 13.2 Å². The van der Waals surface area contributed by atoms with Gasteiger partial charge in [0.1, 0.15) is 11.3 Å². The fraction of sp³-hybridized carbons (Fsp3) is 0.400. The van der Waals surface area contributed by atoms with Gasteiger partial charge in [0.15, 0.2) is 0 Å². The first-order valence-electron chi connectivity index (χ1n) is 8.66. The van der Waals surface area contributed by atoms with Crippen LogP contribution in [-0.2, 0) is 13.5 Å². The number of amides is 1. The van der Waals surface area contributed by atoms with Gasteiger partial charge >= 0.3 is 0 Å². The maximum atomic E-state index is 12.4. The van der Waals surface area contributed by atoms with E-state index < -0.39 is 0 Å². The summed E-state index contributed by atoms with van der Waals surface area (Å²) in [6.45, 7) is 5.11. The van der Waals surface area contributed by atoms with E-state index in [9.17, 15) is 9.59 Å². The zero-order chi connectivity index (χ0) is 18.0. The van der Waals surface area contributed by atoms with Crippen LogP contribution in [0.4, 0.5) is 0 Å². The number of carbonyl (C=O) groups is 1. The third-order valence-corrected chi connectivity index (χ3v) is 4.69. The average Bonchev–Trinajstić information content (AvgIpc) is 2.61. The maximum absolute atomic E-state index is 12.4. The highest BCUT2D eigenvalue weighted by Gasteiger charge is 2.21. The second-order valence-corrected chi connectivity index (χ2v) is 6.89. The van der Waals surface area contributed by atoms with Crippen molar-refractivity contribution >= 4 is 5.91 Å². The van der Waals surface area contributed by atoms with Gasteiger partial charge in [-0.25, -0.2) is 0 Å². The van der Waals surface area contributed by atoms with Crippen LogP contribution in [0, 0.1) is 5.92 Å². The SMILES string of the molecule is CC(C)c1ccc(C(=O)NC[C@@H]2COc3ccccc3C2)c(=O)n1C. The van der Waals surface area contributed by atoms with Crippen LogP contribution in [0.2, 0.25) is 0 Å². The van der Waals surface area contributed by atoms with Crippen LogP contribution in [0.3, 0.4) is 0 Å². The fourth-order valence-electron chi connectivity index (χ4n) is 3.26. The first kappa shape index (κ1) is 17.3. The molecule has 2 heterocycles. The largest absolute Gasteiger partial charge is 0.493 e. The Morgan fingerprint density at radius 3 is 2.80 bits per heavy atom. The molecule has 0 aliphatic carbocycles. The standard InChI is InChI=1S/C20H24N2O3/c1-13(2)17-9-8-16(20(24)22(17)3)19(23)21-11-14-10-15-6-4-5-7-18(15)25-12-14/h4-9,13-14H,10-12H2,1-3H3,(H,21,23)/t14-/m1/s1. The Morgan fingerprint density at radius 2 is 2.04 bits per heavy atom. The number of nitrogens with one attached hydrogen (secondary N) is 1. The Labute approximate surface area is 147 Å². The number of fused-ring (bicyclic) bond motifs is 1. The van der Waals surface area contributed by atoms with E-state index in [-0.39, 0.29) is 28.9 Å². The number of ether oxygens (including phenoxy) is 1. The molecule has 2 aromatic rings. The lowest BCUT2D eigenvalue weighted by Gasteiger charge is -2.25. The van der Waals surface area contributed by atoms with Gasteiger partial charge in [0, 0.05) is 25.2 Å². The average molecular weight is 340 g/mol. The fourth-order valence-corrected chi connectivity index (χ4v) is 3.26. The number of hydrogen-bond acceptors (Lipinski definition) is 3. The molecule has 0 unspecified atom stereocenters. The molecule has 1 N–H and O–H groups in total. The lowest BCUT2D eigenvalue weighted by atomic mass is 9.96. The van der Waals surface area contributed by atoms with Crippen molar-refractivity contribution in [3.05, 3.63) is 63.6 Å². The van der Waals surface area contributed by atoms with Crippen molar-refractivity contribution in [2.24, 2.45) is 13.0 Å². The molecule has 1 atom stereocenters. The Balaban J connectivity index is 1.66. The molecule has 1 aliphatic rings. The molecule has 3 rings (SSSR count). The van der Waals surface area contributed by atoms with Crippen molar-refractivity contribution in [1.29, 1.82) is 0 Å². The van der Waals surface area contributed by atoms with Crippen molar-refractivity contribution in [2.45, 2.75) is 26.2 Å². The molecule has 25 heavy (non-hydrogen) atoms. The lowest BCUT2D eigenvalue weighted by Crippen LogP contribution is -2.38. The molecular weight excluding hydrogens is 316 g/mol. The van der Waals surface area contributed by atoms with E-state index in [2.05, 4.69) is 5.32 Å². The molecule has 0 fully saturated rings. The molecular formula is C20H24N2O3. The van der Waals surface area contributed by atoms with E-state index in [0.29, 0.717) is 13.2 Å². The van der Waals surface area contributed by atoms with Crippen LogP contribution in [-0.4, -0.2) is 23.6 Å². The molecule has 0 saturated heterocycles. The van der Waals surface area contributed by atoms with Crippen molar-refractivity contribution in [1.82, 2.24) is 9.88 Å². The van der Waals surface area contributed by atoms with E-state index in [1.165, 1.54) is 0 Å². The van der Waals surface area contributed by atoms with Gasteiger partial charge in [-0.2, -0.15) is 0 Å². The van der Waals surface area contributed by atoms with Crippen LogP contribution < -0.4 is 15.6 Å². The molecule has 1 aliphatic heterocycles. The van der Waals surface area contributed by atoms with E-state index >= 15 is 0 Å². The Morgan fingerprint density at radius 1 is 1.28 bits per heavy atom. The number of pyridine rings is 1. The second kappa shape index (κ2) is 7.13. The third kappa shape index (κ3) is 3.60. The van der Waals surface area contributed by atoms with Gasteiger partial charge in [0.25, 0.3) is 11.5 Å². The molecule has 0 spiro atoms. The molecule has 0 bridgehead atoms. The van der Waals surface area contributed by atoms with Crippen LogP contribution in [0.1, 0.15) is 41.4 Å². The number of para-hydroxylation sites is 1. The number of hydrogen-bond donors (Lipinski definition) is 1. The predicted octanol–water partition coefficient (Wildman–Crippen LogP) is 2.49. The second-order valence-electron chi connectivity index (χ2n) is 6.89. The highest BCUT2D eigenvalue weighted by molar-refractivity contribution is 5.93. The van der Waals surface area contributed by atoms with Crippen molar-refractivity contribution in [3.63, 3.8) is 0 Å². The number of benzene rings is 1. The monoisotopic (exact) mass is 340 g/mol. The number of rotatable bonds is 4. The van der Waals surface area contributed by atoms with E-state index in [1.807, 2.05) is 44.2 Å². The van der Waals surface area contributed by atoms with Crippen LogP contribution in [0.25, 0.3) is 0 Å². The molecule has 5 nitrogen and oxygen atoms in total. The highest BCUT2D eigenvalue weighted by Crippen LogP contribution is 2.26.